The Hall–Kier alpha value is -3.15. The second kappa shape index (κ2) is 5.46. The number of pyridine rings is 1. The Morgan fingerprint density at radius 2 is 1.57 bits per heavy atom. The van der Waals surface area contributed by atoms with Gasteiger partial charge in [0, 0.05) is 24.2 Å². The summed E-state index contributed by atoms with van der Waals surface area (Å²) in [5.74, 6) is 1.14. The van der Waals surface area contributed by atoms with E-state index in [1.807, 2.05) is 18.2 Å². The molecule has 104 valence electrons. The third-order valence-electron chi connectivity index (χ3n) is 3.00. The Morgan fingerprint density at radius 3 is 2.33 bits per heavy atom. The molecule has 21 heavy (non-hydrogen) atoms. The Labute approximate surface area is 121 Å². The predicted molar refractivity (Wildman–Crippen MR) is 83.8 cm³/mol. The average molecular weight is 278 g/mol. The molecule has 1 aromatic carbocycles. The van der Waals surface area contributed by atoms with Crippen LogP contribution < -0.4 is 16.8 Å². The molecule has 0 aliphatic carbocycles. The van der Waals surface area contributed by atoms with Crippen LogP contribution in [0.4, 0.5) is 22.9 Å². The molecule has 0 radical (unpaired) electrons. The van der Waals surface area contributed by atoms with Gasteiger partial charge in [-0.15, -0.1) is 0 Å². The Kier molecular flexibility index (Phi) is 3.34. The zero-order valence-corrected chi connectivity index (χ0v) is 11.2. The topological polar surface area (TPSA) is 103 Å². The number of nitrogen functional groups attached to an aromatic ring is 2. The molecule has 0 saturated carbocycles. The van der Waals surface area contributed by atoms with E-state index in [1.54, 1.807) is 36.8 Å². The van der Waals surface area contributed by atoms with Crippen molar-refractivity contribution in [3.63, 3.8) is 0 Å². The standard InChI is InChI=1S/C15H14N6/c16-11-5-2-7-20-15(11)21-12-6-1-4-10(13(12)17)14-18-8-3-9-19-14/h1-9H,16-17H2,(H,20,21). The Balaban J connectivity index is 2.00. The second-order valence-corrected chi connectivity index (χ2v) is 4.41. The minimum Gasteiger partial charge on any atom is -0.396 e. The van der Waals surface area contributed by atoms with Crippen LogP contribution in [-0.4, -0.2) is 15.0 Å². The highest BCUT2D eigenvalue weighted by Gasteiger charge is 2.10. The molecular weight excluding hydrogens is 264 g/mol. The molecule has 0 spiro atoms. The van der Waals surface area contributed by atoms with Crippen molar-refractivity contribution in [2.24, 2.45) is 0 Å². The van der Waals surface area contributed by atoms with E-state index in [9.17, 15) is 0 Å². The fourth-order valence-corrected chi connectivity index (χ4v) is 1.96. The number of para-hydroxylation sites is 1. The third-order valence-corrected chi connectivity index (χ3v) is 3.00. The highest BCUT2D eigenvalue weighted by atomic mass is 15.0. The maximum Gasteiger partial charge on any atom is 0.161 e. The molecule has 2 heterocycles. The van der Waals surface area contributed by atoms with Gasteiger partial charge in [0.25, 0.3) is 0 Å². The van der Waals surface area contributed by atoms with Gasteiger partial charge in [-0.05, 0) is 30.3 Å². The number of hydrogen-bond acceptors (Lipinski definition) is 6. The summed E-state index contributed by atoms with van der Waals surface area (Å²) < 4.78 is 0. The molecular formula is C15H14N6. The number of nitrogens with two attached hydrogens (primary N) is 2. The van der Waals surface area contributed by atoms with Crippen LogP contribution in [0.25, 0.3) is 11.4 Å². The summed E-state index contributed by atoms with van der Waals surface area (Å²) in [6.45, 7) is 0. The molecule has 5 N–H and O–H groups in total. The lowest BCUT2D eigenvalue weighted by atomic mass is 10.1. The molecule has 0 atom stereocenters. The molecule has 6 heteroatoms. The number of nitrogens with zero attached hydrogens (tertiary/aromatic N) is 3. The van der Waals surface area contributed by atoms with E-state index in [0.29, 0.717) is 28.7 Å². The summed E-state index contributed by atoms with van der Waals surface area (Å²) in [6.07, 6.45) is 5.02. The molecule has 3 aromatic rings. The minimum atomic E-state index is 0.550. The van der Waals surface area contributed by atoms with Crippen molar-refractivity contribution in [1.82, 2.24) is 15.0 Å². The summed E-state index contributed by atoms with van der Waals surface area (Å²) in [6, 6.07) is 10.9. The van der Waals surface area contributed by atoms with Gasteiger partial charge in [0.1, 0.15) is 0 Å². The first-order chi connectivity index (χ1) is 10.3. The zero-order chi connectivity index (χ0) is 14.7. The fraction of sp³-hybridized carbons (Fsp3) is 0. The molecule has 0 unspecified atom stereocenters. The van der Waals surface area contributed by atoms with Crippen molar-refractivity contribution < 1.29 is 0 Å². The van der Waals surface area contributed by atoms with Crippen LogP contribution in [0.15, 0.2) is 55.0 Å². The highest BCUT2D eigenvalue weighted by molar-refractivity contribution is 5.85. The number of benzene rings is 1. The molecule has 0 amide bonds. The van der Waals surface area contributed by atoms with Crippen LogP contribution in [-0.2, 0) is 0 Å². The van der Waals surface area contributed by atoms with E-state index in [2.05, 4.69) is 20.3 Å². The van der Waals surface area contributed by atoms with Gasteiger partial charge in [0.2, 0.25) is 0 Å². The maximum atomic E-state index is 6.20. The number of nitrogens with one attached hydrogen (secondary N) is 1. The number of aromatic nitrogens is 3. The minimum absolute atomic E-state index is 0.550. The molecule has 0 fully saturated rings. The van der Waals surface area contributed by atoms with Gasteiger partial charge in [-0.2, -0.15) is 0 Å². The van der Waals surface area contributed by atoms with Crippen molar-refractivity contribution in [3.8, 4) is 11.4 Å². The van der Waals surface area contributed by atoms with Gasteiger partial charge < -0.3 is 16.8 Å². The van der Waals surface area contributed by atoms with Crippen molar-refractivity contribution in [2.45, 2.75) is 0 Å². The van der Waals surface area contributed by atoms with Crippen LogP contribution in [0.1, 0.15) is 0 Å². The van der Waals surface area contributed by atoms with Gasteiger partial charge >= 0.3 is 0 Å². The lowest BCUT2D eigenvalue weighted by Gasteiger charge is -2.12. The monoisotopic (exact) mass is 278 g/mol. The molecule has 2 aromatic heterocycles. The summed E-state index contributed by atoms with van der Waals surface area (Å²) in [5.41, 5.74) is 14.7. The number of hydrogen-bond donors (Lipinski definition) is 3. The van der Waals surface area contributed by atoms with Crippen LogP contribution in [0.2, 0.25) is 0 Å². The average Bonchev–Trinajstić information content (AvgIpc) is 2.52. The zero-order valence-electron chi connectivity index (χ0n) is 11.2. The molecule has 6 nitrogen and oxygen atoms in total. The molecule has 0 bridgehead atoms. The van der Waals surface area contributed by atoms with Crippen molar-refractivity contribution in [2.75, 3.05) is 16.8 Å². The smallest absolute Gasteiger partial charge is 0.161 e. The lowest BCUT2D eigenvalue weighted by Crippen LogP contribution is -2.03. The summed E-state index contributed by atoms with van der Waals surface area (Å²) >= 11 is 0. The van der Waals surface area contributed by atoms with E-state index in [4.69, 9.17) is 11.5 Å². The largest absolute Gasteiger partial charge is 0.396 e. The number of rotatable bonds is 3. The first-order valence-corrected chi connectivity index (χ1v) is 6.39. The maximum absolute atomic E-state index is 6.20. The highest BCUT2D eigenvalue weighted by Crippen LogP contribution is 2.31. The van der Waals surface area contributed by atoms with Gasteiger partial charge in [-0.3, -0.25) is 0 Å². The predicted octanol–water partition coefficient (Wildman–Crippen LogP) is 2.45. The number of anilines is 4. The van der Waals surface area contributed by atoms with Crippen molar-refractivity contribution >= 4 is 22.9 Å². The van der Waals surface area contributed by atoms with Gasteiger partial charge in [-0.25, -0.2) is 15.0 Å². The van der Waals surface area contributed by atoms with Crippen molar-refractivity contribution in [1.29, 1.82) is 0 Å². The van der Waals surface area contributed by atoms with E-state index in [-0.39, 0.29) is 0 Å². The summed E-state index contributed by atoms with van der Waals surface area (Å²) in [4.78, 5) is 12.6. The normalized spacial score (nSPS) is 10.3. The van der Waals surface area contributed by atoms with Crippen LogP contribution in [0.3, 0.4) is 0 Å². The van der Waals surface area contributed by atoms with Gasteiger partial charge in [0.15, 0.2) is 11.6 Å². The SMILES string of the molecule is Nc1cccnc1Nc1cccc(-c2ncccn2)c1N. The first kappa shape index (κ1) is 12.9. The molecule has 3 rings (SSSR count). The lowest BCUT2D eigenvalue weighted by molar-refractivity contribution is 1.18. The quantitative estimate of drug-likeness (QED) is 0.636. The molecule has 0 aliphatic rings. The van der Waals surface area contributed by atoms with Gasteiger partial charge in [-0.1, -0.05) is 6.07 Å². The summed E-state index contributed by atoms with van der Waals surface area (Å²) in [7, 11) is 0. The van der Waals surface area contributed by atoms with Crippen molar-refractivity contribution in [3.05, 3.63) is 55.0 Å². The van der Waals surface area contributed by atoms with Crippen LogP contribution >= 0.6 is 0 Å². The van der Waals surface area contributed by atoms with E-state index >= 15 is 0 Å². The summed E-state index contributed by atoms with van der Waals surface area (Å²) in [5, 5.41) is 3.13. The van der Waals surface area contributed by atoms with Crippen LogP contribution in [0, 0.1) is 0 Å². The first-order valence-electron chi connectivity index (χ1n) is 6.39. The Morgan fingerprint density at radius 1 is 0.810 bits per heavy atom. The third kappa shape index (κ3) is 2.59. The van der Waals surface area contributed by atoms with Crippen LogP contribution in [0.5, 0.6) is 0 Å². The molecule has 0 aliphatic heterocycles. The Bertz CT molecular complexity index is 757. The van der Waals surface area contributed by atoms with E-state index in [1.165, 1.54) is 0 Å². The van der Waals surface area contributed by atoms with E-state index in [0.717, 1.165) is 5.56 Å². The fourth-order valence-electron chi connectivity index (χ4n) is 1.96. The van der Waals surface area contributed by atoms with Gasteiger partial charge in [0.05, 0.1) is 17.1 Å². The second-order valence-electron chi connectivity index (χ2n) is 4.41. The molecule has 0 saturated heterocycles. The van der Waals surface area contributed by atoms with E-state index < -0.39 is 0 Å².